The van der Waals surface area contributed by atoms with Crippen LogP contribution in [0.2, 0.25) is 0 Å². The largest absolute Gasteiger partial charge is 0.310 e. The summed E-state index contributed by atoms with van der Waals surface area (Å²) >= 11 is 3.34. The highest BCUT2D eigenvalue weighted by atomic mass is 79.9. The Morgan fingerprint density at radius 2 is 1.95 bits per heavy atom. The van der Waals surface area contributed by atoms with Crippen LogP contribution in [0.5, 0.6) is 0 Å². The minimum Gasteiger partial charge on any atom is -0.310 e. The maximum Gasteiger partial charge on any atom is 0.137 e. The molecule has 1 unspecified atom stereocenters. The Labute approximate surface area is 128 Å². The van der Waals surface area contributed by atoms with Crippen molar-refractivity contribution < 1.29 is 4.39 Å². The van der Waals surface area contributed by atoms with Crippen molar-refractivity contribution in [1.29, 1.82) is 0 Å². The van der Waals surface area contributed by atoms with E-state index in [-0.39, 0.29) is 11.9 Å². The first-order valence-corrected chi connectivity index (χ1v) is 7.64. The van der Waals surface area contributed by atoms with Crippen molar-refractivity contribution in [3.8, 4) is 0 Å². The second kappa shape index (κ2) is 7.00. The standard InChI is InChI=1S/C17H19BrFN/c1-3-20-16(13-7-4-6-12(2)10-13)11-14-8-5-9-15(19)17(14)18/h4-10,16,20H,3,11H2,1-2H3. The topological polar surface area (TPSA) is 12.0 Å². The van der Waals surface area contributed by atoms with Crippen molar-refractivity contribution in [1.82, 2.24) is 5.32 Å². The van der Waals surface area contributed by atoms with Crippen LogP contribution >= 0.6 is 15.9 Å². The van der Waals surface area contributed by atoms with Crippen LogP contribution in [0.15, 0.2) is 46.9 Å². The molecule has 20 heavy (non-hydrogen) atoms. The number of hydrogen-bond donors (Lipinski definition) is 1. The van der Waals surface area contributed by atoms with Crippen molar-refractivity contribution in [3.63, 3.8) is 0 Å². The molecular weight excluding hydrogens is 317 g/mol. The van der Waals surface area contributed by atoms with E-state index >= 15 is 0 Å². The molecule has 1 nitrogen and oxygen atoms in total. The van der Waals surface area contributed by atoms with Gasteiger partial charge in [-0.25, -0.2) is 4.39 Å². The van der Waals surface area contributed by atoms with Gasteiger partial charge in [0.2, 0.25) is 0 Å². The van der Waals surface area contributed by atoms with Gasteiger partial charge in [0, 0.05) is 6.04 Å². The summed E-state index contributed by atoms with van der Waals surface area (Å²) in [4.78, 5) is 0. The number of rotatable bonds is 5. The van der Waals surface area contributed by atoms with Crippen LogP contribution in [0, 0.1) is 12.7 Å². The zero-order valence-electron chi connectivity index (χ0n) is 11.8. The summed E-state index contributed by atoms with van der Waals surface area (Å²) < 4.78 is 14.2. The molecule has 0 aliphatic carbocycles. The molecule has 1 atom stereocenters. The van der Waals surface area contributed by atoms with E-state index in [1.807, 2.05) is 6.07 Å². The predicted molar refractivity (Wildman–Crippen MR) is 85.4 cm³/mol. The summed E-state index contributed by atoms with van der Waals surface area (Å²) in [6.45, 7) is 5.06. The number of benzene rings is 2. The minimum atomic E-state index is -0.206. The molecule has 0 radical (unpaired) electrons. The lowest BCUT2D eigenvalue weighted by Gasteiger charge is -2.20. The van der Waals surface area contributed by atoms with Gasteiger partial charge in [-0.1, -0.05) is 48.9 Å². The van der Waals surface area contributed by atoms with Crippen LogP contribution in [-0.2, 0) is 6.42 Å². The number of likely N-dealkylation sites (N-methyl/N-ethyl adjacent to an activating group) is 1. The molecule has 0 aliphatic rings. The molecule has 0 bridgehead atoms. The number of aryl methyl sites for hydroxylation is 1. The highest BCUT2D eigenvalue weighted by molar-refractivity contribution is 9.10. The van der Waals surface area contributed by atoms with Gasteiger partial charge in [0.15, 0.2) is 0 Å². The Bertz CT molecular complexity index is 583. The molecule has 2 aromatic carbocycles. The molecule has 0 aromatic heterocycles. The third-order valence-electron chi connectivity index (χ3n) is 3.35. The summed E-state index contributed by atoms with van der Waals surface area (Å²) in [6.07, 6.45) is 0.760. The van der Waals surface area contributed by atoms with E-state index in [0.29, 0.717) is 4.47 Å². The second-order valence-electron chi connectivity index (χ2n) is 4.94. The van der Waals surface area contributed by atoms with Crippen LogP contribution in [0.3, 0.4) is 0 Å². The molecule has 0 heterocycles. The van der Waals surface area contributed by atoms with Gasteiger partial charge in [-0.15, -0.1) is 0 Å². The maximum absolute atomic E-state index is 13.6. The van der Waals surface area contributed by atoms with Crippen molar-refractivity contribution in [2.24, 2.45) is 0 Å². The molecule has 106 valence electrons. The van der Waals surface area contributed by atoms with Crippen LogP contribution in [0.25, 0.3) is 0 Å². The van der Waals surface area contributed by atoms with Gasteiger partial charge in [0.1, 0.15) is 5.82 Å². The third-order valence-corrected chi connectivity index (χ3v) is 4.24. The number of nitrogens with one attached hydrogen (secondary N) is 1. The Morgan fingerprint density at radius 3 is 2.65 bits per heavy atom. The van der Waals surface area contributed by atoms with E-state index in [4.69, 9.17) is 0 Å². The normalized spacial score (nSPS) is 12.4. The summed E-state index contributed by atoms with van der Waals surface area (Å²) in [5, 5.41) is 3.48. The first-order valence-electron chi connectivity index (χ1n) is 6.84. The second-order valence-corrected chi connectivity index (χ2v) is 5.73. The lowest BCUT2D eigenvalue weighted by Crippen LogP contribution is -2.23. The summed E-state index contributed by atoms with van der Waals surface area (Å²) in [5.41, 5.74) is 3.46. The summed E-state index contributed by atoms with van der Waals surface area (Å²) in [5.74, 6) is -0.206. The molecule has 2 rings (SSSR count). The third kappa shape index (κ3) is 3.68. The van der Waals surface area contributed by atoms with Gasteiger partial charge < -0.3 is 5.32 Å². The average molecular weight is 336 g/mol. The lowest BCUT2D eigenvalue weighted by molar-refractivity contribution is 0.544. The maximum atomic E-state index is 13.6. The monoisotopic (exact) mass is 335 g/mol. The van der Waals surface area contributed by atoms with E-state index < -0.39 is 0 Å². The fourth-order valence-corrected chi connectivity index (χ4v) is 2.79. The molecule has 0 saturated heterocycles. The Hall–Kier alpha value is -1.19. The van der Waals surface area contributed by atoms with Crippen LogP contribution in [0.1, 0.15) is 29.7 Å². The zero-order chi connectivity index (χ0) is 14.5. The average Bonchev–Trinajstić information content (AvgIpc) is 2.43. The number of halogens is 2. The lowest BCUT2D eigenvalue weighted by atomic mass is 9.97. The quantitative estimate of drug-likeness (QED) is 0.828. The SMILES string of the molecule is CCNC(Cc1cccc(F)c1Br)c1cccc(C)c1. The molecule has 0 aliphatic heterocycles. The Balaban J connectivity index is 2.28. The van der Waals surface area contributed by atoms with Gasteiger partial charge in [-0.3, -0.25) is 0 Å². The molecular formula is C17H19BrFN. The minimum absolute atomic E-state index is 0.193. The number of hydrogen-bond acceptors (Lipinski definition) is 1. The highest BCUT2D eigenvalue weighted by Gasteiger charge is 2.14. The Morgan fingerprint density at radius 1 is 1.20 bits per heavy atom. The molecule has 1 N–H and O–H groups in total. The van der Waals surface area contributed by atoms with Crippen molar-refractivity contribution >= 4 is 15.9 Å². The molecule has 0 saturated carbocycles. The van der Waals surface area contributed by atoms with E-state index in [0.717, 1.165) is 18.5 Å². The molecule has 0 fully saturated rings. The molecule has 0 amide bonds. The van der Waals surface area contributed by atoms with Gasteiger partial charge in [0.05, 0.1) is 4.47 Å². The van der Waals surface area contributed by atoms with E-state index in [2.05, 4.69) is 59.4 Å². The van der Waals surface area contributed by atoms with Gasteiger partial charge >= 0.3 is 0 Å². The van der Waals surface area contributed by atoms with Crippen molar-refractivity contribution in [2.45, 2.75) is 26.3 Å². The smallest absolute Gasteiger partial charge is 0.137 e. The van der Waals surface area contributed by atoms with Gasteiger partial charge in [0.25, 0.3) is 0 Å². The van der Waals surface area contributed by atoms with Crippen molar-refractivity contribution in [3.05, 3.63) is 69.4 Å². The van der Waals surface area contributed by atoms with Crippen LogP contribution < -0.4 is 5.32 Å². The molecule has 2 aromatic rings. The van der Waals surface area contributed by atoms with Gasteiger partial charge in [-0.2, -0.15) is 0 Å². The van der Waals surface area contributed by atoms with Crippen molar-refractivity contribution in [2.75, 3.05) is 6.54 Å². The van der Waals surface area contributed by atoms with E-state index in [1.165, 1.54) is 17.2 Å². The van der Waals surface area contributed by atoms with Crippen LogP contribution in [-0.4, -0.2) is 6.54 Å². The molecule has 0 spiro atoms. The van der Waals surface area contributed by atoms with E-state index in [9.17, 15) is 4.39 Å². The fourth-order valence-electron chi connectivity index (χ4n) is 2.37. The van der Waals surface area contributed by atoms with Gasteiger partial charge in [-0.05, 0) is 53.0 Å². The Kier molecular flexibility index (Phi) is 5.32. The first kappa shape index (κ1) is 15.2. The molecule has 3 heteroatoms. The van der Waals surface area contributed by atoms with E-state index in [1.54, 1.807) is 6.07 Å². The fraction of sp³-hybridized carbons (Fsp3) is 0.294. The highest BCUT2D eigenvalue weighted by Crippen LogP contribution is 2.26. The van der Waals surface area contributed by atoms with Crippen LogP contribution in [0.4, 0.5) is 4.39 Å². The first-order chi connectivity index (χ1) is 9.61. The zero-order valence-corrected chi connectivity index (χ0v) is 13.4. The predicted octanol–water partition coefficient (Wildman–Crippen LogP) is 4.79. The summed E-state index contributed by atoms with van der Waals surface area (Å²) in [6, 6.07) is 13.8. The summed E-state index contributed by atoms with van der Waals surface area (Å²) in [7, 11) is 0.